The third-order valence-corrected chi connectivity index (χ3v) is 15.7. The number of hydrogen-bond donors (Lipinski definition) is 3. The second kappa shape index (κ2) is 25.9. The number of benzene rings is 2. The van der Waals surface area contributed by atoms with Crippen LogP contribution in [0.2, 0.25) is 0 Å². The molecule has 8 aliphatic rings. The van der Waals surface area contributed by atoms with Gasteiger partial charge in [0.2, 0.25) is 23.6 Å². The van der Waals surface area contributed by atoms with E-state index in [1.165, 1.54) is 0 Å². The maximum atomic E-state index is 13.0. The van der Waals surface area contributed by atoms with Gasteiger partial charge in [-0.1, -0.05) is 0 Å². The predicted octanol–water partition coefficient (Wildman–Crippen LogP) is 3.83. The van der Waals surface area contributed by atoms with Crippen LogP contribution in [0.3, 0.4) is 0 Å². The van der Waals surface area contributed by atoms with Crippen molar-refractivity contribution in [3.05, 3.63) is 58.7 Å². The molecule has 0 spiro atoms. The molecule has 0 saturated carbocycles. The number of fused-ring (bicyclic) bond motifs is 2. The molecule has 6 saturated heterocycles. The molecule has 2 unspecified atom stereocenters. The average Bonchev–Trinajstić information content (AvgIpc) is 4.07. The summed E-state index contributed by atoms with van der Waals surface area (Å²) in [5.74, 6) is -3.07. The van der Waals surface area contributed by atoms with Crippen LogP contribution in [0.25, 0.3) is 0 Å². The lowest BCUT2D eigenvalue weighted by Crippen LogP contribution is -2.57. The van der Waals surface area contributed by atoms with Crippen molar-refractivity contribution in [1.29, 1.82) is 0 Å². The predicted molar refractivity (Wildman–Crippen MR) is 284 cm³/mol. The number of nitrogens with one attached hydrogen (secondary N) is 3. The largest absolute Gasteiger partial charge is 0.494 e. The molecule has 79 heavy (non-hydrogen) atoms. The quantitative estimate of drug-likeness (QED) is 0.126. The van der Waals surface area contributed by atoms with Crippen LogP contribution in [0.15, 0.2) is 36.4 Å². The van der Waals surface area contributed by atoms with Crippen molar-refractivity contribution in [1.82, 2.24) is 40.4 Å². The molecule has 10 rings (SSSR count). The van der Waals surface area contributed by atoms with Crippen molar-refractivity contribution in [3.8, 4) is 11.5 Å². The van der Waals surface area contributed by atoms with Gasteiger partial charge in [0.05, 0.1) is 73.0 Å². The Morgan fingerprint density at radius 1 is 0.532 bits per heavy atom. The fraction of sp³-hybridized carbons (Fsp3) is 0.632. The Morgan fingerprint density at radius 2 is 0.962 bits per heavy atom. The third-order valence-electron chi connectivity index (χ3n) is 15.7. The highest BCUT2D eigenvalue weighted by atomic mass is 16.6. The van der Waals surface area contributed by atoms with E-state index in [0.29, 0.717) is 50.0 Å². The molecule has 2 atom stereocenters. The highest BCUT2D eigenvalue weighted by Gasteiger charge is 2.46. The molecule has 0 radical (unpaired) electrons. The van der Waals surface area contributed by atoms with E-state index in [1.807, 2.05) is 20.8 Å². The Labute approximate surface area is 460 Å². The molecule has 3 N–H and O–H groups in total. The van der Waals surface area contributed by atoms with Crippen LogP contribution in [0.1, 0.15) is 152 Å². The Kier molecular flexibility index (Phi) is 18.8. The first-order valence-corrected chi connectivity index (χ1v) is 28.4. The molecule has 8 aliphatic heterocycles. The minimum absolute atomic E-state index is 0.0863. The molecule has 6 fully saturated rings. The second-order valence-corrected chi connectivity index (χ2v) is 22.8. The number of carbonyl (C=O) groups is 9. The van der Waals surface area contributed by atoms with Crippen LogP contribution in [0.4, 0.5) is 4.79 Å². The Morgan fingerprint density at radius 3 is 1.37 bits per heavy atom. The Bertz CT molecular complexity index is 2620. The van der Waals surface area contributed by atoms with Crippen molar-refractivity contribution in [2.45, 2.75) is 153 Å². The lowest BCUT2D eigenvalue weighted by molar-refractivity contribution is -0.137. The van der Waals surface area contributed by atoms with Crippen LogP contribution in [0, 0.1) is 0 Å². The monoisotopic (exact) mass is 1100 g/mol. The molecule has 2 aromatic carbocycles. The van der Waals surface area contributed by atoms with E-state index in [0.717, 1.165) is 126 Å². The van der Waals surface area contributed by atoms with Gasteiger partial charge in [0, 0.05) is 52.1 Å². The molecule has 22 heteroatoms. The number of hydrogen-bond acceptors (Lipinski definition) is 17. The summed E-state index contributed by atoms with van der Waals surface area (Å²) in [4.78, 5) is 119. The summed E-state index contributed by atoms with van der Waals surface area (Å²) >= 11 is 0. The van der Waals surface area contributed by atoms with Crippen LogP contribution in [0.5, 0.6) is 11.5 Å². The zero-order chi connectivity index (χ0) is 55.8. The van der Waals surface area contributed by atoms with Crippen LogP contribution < -0.4 is 25.4 Å². The first-order valence-electron chi connectivity index (χ1n) is 28.4. The number of rotatable bonds is 20. The van der Waals surface area contributed by atoms with E-state index in [4.69, 9.17) is 23.7 Å². The molecular formula is C57H76N8O14. The van der Waals surface area contributed by atoms with E-state index >= 15 is 0 Å². The number of nitrogens with zero attached hydrogens (tertiary/aromatic N) is 5. The molecular weight excluding hydrogens is 1020 g/mol. The normalized spacial score (nSPS) is 22.7. The van der Waals surface area contributed by atoms with Gasteiger partial charge in [0.1, 0.15) is 29.2 Å². The maximum absolute atomic E-state index is 13.0. The van der Waals surface area contributed by atoms with Gasteiger partial charge in [-0.3, -0.25) is 58.8 Å². The fourth-order valence-corrected chi connectivity index (χ4v) is 11.1. The molecule has 2 aromatic rings. The summed E-state index contributed by atoms with van der Waals surface area (Å²) in [5, 5.41) is 7.65. The molecule has 8 heterocycles. The van der Waals surface area contributed by atoms with Crippen molar-refractivity contribution >= 4 is 53.4 Å². The summed E-state index contributed by atoms with van der Waals surface area (Å²) < 4.78 is 29.4. The fourth-order valence-electron chi connectivity index (χ4n) is 11.1. The van der Waals surface area contributed by atoms with Gasteiger partial charge in [-0.25, -0.2) is 4.79 Å². The minimum atomic E-state index is -0.979. The number of piperidine rings is 4. The summed E-state index contributed by atoms with van der Waals surface area (Å²) in [6.45, 7) is 16.1. The van der Waals surface area contributed by atoms with Gasteiger partial charge in [-0.05, 0) is 147 Å². The highest BCUT2D eigenvalue weighted by molar-refractivity contribution is 6.24. The minimum Gasteiger partial charge on any atom is -0.494 e. The van der Waals surface area contributed by atoms with E-state index < -0.39 is 59.0 Å². The van der Waals surface area contributed by atoms with Crippen molar-refractivity contribution < 1.29 is 66.8 Å². The number of unbranched alkanes of at least 4 members (excludes halogenated alkanes) is 4. The van der Waals surface area contributed by atoms with E-state index in [2.05, 4.69) is 25.8 Å². The molecule has 0 aliphatic carbocycles. The summed E-state index contributed by atoms with van der Waals surface area (Å²) in [6, 6.07) is 7.69. The van der Waals surface area contributed by atoms with E-state index in [9.17, 15) is 43.2 Å². The molecule has 0 bridgehead atoms. The van der Waals surface area contributed by atoms with Gasteiger partial charge in [-0.15, -0.1) is 0 Å². The molecule has 0 aromatic heterocycles. The number of ether oxygens (including phenoxy) is 5. The third kappa shape index (κ3) is 14.5. The highest BCUT2D eigenvalue weighted by Crippen LogP contribution is 2.33. The van der Waals surface area contributed by atoms with Gasteiger partial charge in [0.15, 0.2) is 0 Å². The van der Waals surface area contributed by atoms with E-state index in [-0.39, 0.29) is 72.1 Å². The first kappa shape index (κ1) is 57.4. The Hall–Kier alpha value is -6.33. The van der Waals surface area contributed by atoms with Gasteiger partial charge in [-0.2, -0.15) is 0 Å². The summed E-state index contributed by atoms with van der Waals surface area (Å²) in [7, 11) is 0. The molecule has 428 valence electrons. The average molecular weight is 1100 g/mol. The van der Waals surface area contributed by atoms with Crippen molar-refractivity contribution in [3.63, 3.8) is 0 Å². The zero-order valence-electron chi connectivity index (χ0n) is 45.8. The molecule has 9 amide bonds. The van der Waals surface area contributed by atoms with E-state index in [1.54, 1.807) is 41.3 Å². The van der Waals surface area contributed by atoms with Gasteiger partial charge < -0.3 is 43.7 Å². The first-order chi connectivity index (χ1) is 38.0. The zero-order valence-corrected chi connectivity index (χ0v) is 45.8. The standard InChI is InChI=1S/C31H42N4O8.C26H34N4O6/c1-31(2,3)43-30(40)34-18-22(19-34)42-20-11-14-33(15-12-20)13-5-4-6-16-41-21-7-8-23-24(17-21)29(39)35(28(23)38)25-9-10-26(36)32-27(25)37;31-23-7-6-22(24(32)28-23)30-25(33)20-5-4-18(14-21(20)26(30)34)35-13-3-1-2-10-29-11-8-17(9-12-29)36-19-15-27-16-19/h7-8,17,20,22,25H,4-6,9-16,18-19H2,1-3H3,(H,32,36,37);4-5,14,17,19,22,27H,1-3,6-13,15-16H2,(H,28,31,32). The number of amides is 9. The number of likely N-dealkylation sites (tertiary alicyclic amines) is 3. The second-order valence-electron chi connectivity index (χ2n) is 22.8. The van der Waals surface area contributed by atoms with Gasteiger partial charge in [0.25, 0.3) is 23.6 Å². The lowest BCUT2D eigenvalue weighted by atomic mass is 10.0. The number of imide groups is 4. The smallest absolute Gasteiger partial charge is 0.410 e. The topological polar surface area (TPSA) is 252 Å². The maximum Gasteiger partial charge on any atom is 0.410 e. The lowest BCUT2D eigenvalue weighted by Gasteiger charge is -2.42. The summed E-state index contributed by atoms with van der Waals surface area (Å²) in [5.41, 5.74) is 0.475. The Balaban J connectivity index is 0.000000195. The SMILES string of the molecule is CC(C)(C)OC(=O)N1CC(OC2CCN(CCCCCOc3ccc4c(c3)C(=O)N(C3CCC(=O)NC3=O)C4=O)CC2)C1.O=C1CCC(N2C(=O)c3ccc(OCCCCCN4CCC(OC5CNC5)CC4)cc3C2=O)C(=O)N1. The summed E-state index contributed by atoms with van der Waals surface area (Å²) in [6.07, 6.45) is 11.5. The van der Waals surface area contributed by atoms with Crippen molar-refractivity contribution in [2.24, 2.45) is 0 Å². The van der Waals surface area contributed by atoms with Crippen LogP contribution in [-0.2, 0) is 33.4 Å². The number of carbonyl (C=O) groups excluding carboxylic acids is 9. The van der Waals surface area contributed by atoms with Crippen molar-refractivity contribution in [2.75, 3.05) is 78.7 Å². The van der Waals surface area contributed by atoms with Crippen LogP contribution in [-0.4, -0.2) is 199 Å². The molecule has 22 nitrogen and oxygen atoms in total. The van der Waals surface area contributed by atoms with Gasteiger partial charge >= 0.3 is 6.09 Å². The van der Waals surface area contributed by atoms with Crippen LogP contribution >= 0.6 is 0 Å².